The third-order valence-electron chi connectivity index (χ3n) is 2.64. The van der Waals surface area contributed by atoms with Gasteiger partial charge in [0.15, 0.2) is 11.5 Å². The molecule has 0 radical (unpaired) electrons. The molecule has 0 aliphatic heterocycles. The molecule has 0 saturated carbocycles. The fourth-order valence-corrected chi connectivity index (χ4v) is 1.58. The van der Waals surface area contributed by atoms with Crippen LogP contribution >= 0.6 is 0 Å². The van der Waals surface area contributed by atoms with E-state index in [1.807, 2.05) is 0 Å². The van der Waals surface area contributed by atoms with Crippen molar-refractivity contribution >= 4 is 0 Å². The van der Waals surface area contributed by atoms with Crippen molar-refractivity contribution in [2.75, 3.05) is 7.11 Å². The molecule has 0 amide bonds. The molecular weight excluding hydrogens is 228 g/mol. The van der Waals surface area contributed by atoms with Crippen LogP contribution in [0.15, 0.2) is 18.2 Å². The molecule has 0 aliphatic rings. The zero-order valence-corrected chi connectivity index (χ0v) is 10.9. The Morgan fingerprint density at radius 3 is 2.78 bits per heavy atom. The Kier molecular flexibility index (Phi) is 6.10. The number of benzene rings is 1. The highest BCUT2D eigenvalue weighted by Gasteiger charge is 2.01. The number of aliphatic hydroxyl groups excluding tert-OH is 1. The van der Waals surface area contributed by atoms with E-state index >= 15 is 0 Å². The number of hydrogen-bond acceptors (Lipinski definition) is 3. The molecule has 1 rings (SSSR count). The maximum Gasteiger partial charge on any atom is 0.161 e. The van der Waals surface area contributed by atoms with Gasteiger partial charge in [-0.25, -0.2) is 0 Å². The summed E-state index contributed by atoms with van der Waals surface area (Å²) in [6.07, 6.45) is 3.36. The van der Waals surface area contributed by atoms with Crippen molar-refractivity contribution in [3.63, 3.8) is 0 Å². The van der Waals surface area contributed by atoms with Crippen LogP contribution in [0.4, 0.5) is 0 Å². The van der Waals surface area contributed by atoms with E-state index in [9.17, 15) is 10.2 Å². The summed E-state index contributed by atoms with van der Waals surface area (Å²) < 4.78 is 4.99. The van der Waals surface area contributed by atoms with Crippen LogP contribution in [0.3, 0.4) is 0 Å². The zero-order valence-electron chi connectivity index (χ0n) is 10.9. The molecule has 0 saturated heterocycles. The molecule has 1 atom stereocenters. The average molecular weight is 248 g/mol. The van der Waals surface area contributed by atoms with Gasteiger partial charge in [0.2, 0.25) is 0 Å². The molecule has 0 aliphatic carbocycles. The predicted molar refractivity (Wildman–Crippen MR) is 71.7 cm³/mol. The molecule has 3 nitrogen and oxygen atoms in total. The largest absolute Gasteiger partial charge is 0.504 e. The van der Waals surface area contributed by atoms with Gasteiger partial charge < -0.3 is 14.9 Å². The minimum Gasteiger partial charge on any atom is -0.504 e. The Balaban J connectivity index is 2.61. The van der Waals surface area contributed by atoms with Crippen molar-refractivity contribution in [1.29, 1.82) is 0 Å². The summed E-state index contributed by atoms with van der Waals surface area (Å²) in [5.74, 6) is 6.16. The van der Waals surface area contributed by atoms with E-state index < -0.39 is 6.10 Å². The lowest BCUT2D eigenvalue weighted by Gasteiger charge is -2.03. The summed E-state index contributed by atoms with van der Waals surface area (Å²) in [4.78, 5) is 0. The van der Waals surface area contributed by atoms with E-state index in [0.717, 1.165) is 24.8 Å². The highest BCUT2D eigenvalue weighted by atomic mass is 16.5. The van der Waals surface area contributed by atoms with E-state index in [1.54, 1.807) is 12.1 Å². The van der Waals surface area contributed by atoms with Crippen molar-refractivity contribution in [3.05, 3.63) is 23.8 Å². The van der Waals surface area contributed by atoms with Gasteiger partial charge in [0, 0.05) is 5.56 Å². The number of ether oxygens (including phenoxy) is 1. The monoisotopic (exact) mass is 248 g/mol. The van der Waals surface area contributed by atoms with Gasteiger partial charge in [0.05, 0.1) is 7.11 Å². The van der Waals surface area contributed by atoms with Crippen LogP contribution in [0.5, 0.6) is 11.5 Å². The molecule has 0 fully saturated rings. The lowest BCUT2D eigenvalue weighted by Crippen LogP contribution is -2.02. The molecule has 1 aromatic carbocycles. The minimum absolute atomic E-state index is 0.0894. The van der Waals surface area contributed by atoms with Crippen LogP contribution in [0.2, 0.25) is 0 Å². The van der Waals surface area contributed by atoms with Gasteiger partial charge in [-0.15, -0.1) is 0 Å². The summed E-state index contributed by atoms with van der Waals surface area (Å²) in [6.45, 7) is 2.13. The summed E-state index contributed by atoms with van der Waals surface area (Å²) in [7, 11) is 1.49. The number of hydrogen-bond donors (Lipinski definition) is 2. The second-order valence-electron chi connectivity index (χ2n) is 4.17. The summed E-state index contributed by atoms with van der Waals surface area (Å²) >= 11 is 0. The summed E-state index contributed by atoms with van der Waals surface area (Å²) in [6, 6.07) is 4.89. The average Bonchev–Trinajstić information content (AvgIpc) is 2.38. The number of methoxy groups -OCH3 is 1. The van der Waals surface area contributed by atoms with Gasteiger partial charge in [-0.05, 0) is 31.0 Å². The van der Waals surface area contributed by atoms with Gasteiger partial charge in [-0.3, -0.25) is 0 Å². The van der Waals surface area contributed by atoms with Crippen molar-refractivity contribution in [2.45, 2.75) is 38.7 Å². The zero-order chi connectivity index (χ0) is 13.4. The van der Waals surface area contributed by atoms with Crippen LogP contribution in [0.25, 0.3) is 0 Å². The molecule has 3 heteroatoms. The molecule has 1 unspecified atom stereocenters. The first-order valence-electron chi connectivity index (χ1n) is 6.24. The topological polar surface area (TPSA) is 49.7 Å². The van der Waals surface area contributed by atoms with Gasteiger partial charge in [0.25, 0.3) is 0 Å². The maximum absolute atomic E-state index is 9.66. The number of rotatable bonds is 5. The van der Waals surface area contributed by atoms with Gasteiger partial charge >= 0.3 is 0 Å². The summed E-state index contributed by atoms with van der Waals surface area (Å²) in [5.41, 5.74) is 0.721. The first-order chi connectivity index (χ1) is 8.67. The minimum atomic E-state index is -0.587. The first kappa shape index (κ1) is 14.4. The lowest BCUT2D eigenvalue weighted by atomic mass is 10.1. The smallest absolute Gasteiger partial charge is 0.161 e. The molecule has 1 aromatic rings. The van der Waals surface area contributed by atoms with E-state index in [0.29, 0.717) is 12.2 Å². The van der Waals surface area contributed by atoms with E-state index in [4.69, 9.17) is 4.74 Å². The van der Waals surface area contributed by atoms with E-state index in [-0.39, 0.29) is 5.75 Å². The van der Waals surface area contributed by atoms with Crippen LogP contribution in [0, 0.1) is 11.8 Å². The van der Waals surface area contributed by atoms with Crippen molar-refractivity contribution in [2.24, 2.45) is 0 Å². The first-order valence-corrected chi connectivity index (χ1v) is 6.24. The molecule has 0 heterocycles. The predicted octanol–water partition coefficient (Wildman–Crippen LogP) is 2.69. The van der Waals surface area contributed by atoms with Crippen LogP contribution in [0.1, 0.15) is 38.2 Å². The number of phenols is 1. The summed E-state index contributed by atoms with van der Waals surface area (Å²) in [5, 5.41) is 19.1. The van der Waals surface area contributed by atoms with Crippen LogP contribution in [-0.4, -0.2) is 23.4 Å². The van der Waals surface area contributed by atoms with Crippen LogP contribution < -0.4 is 4.74 Å². The lowest BCUT2D eigenvalue weighted by molar-refractivity contribution is 0.217. The fraction of sp³-hybridized carbons (Fsp3) is 0.467. The van der Waals surface area contributed by atoms with E-state index in [1.165, 1.54) is 13.2 Å². The van der Waals surface area contributed by atoms with Crippen molar-refractivity contribution in [3.8, 4) is 23.3 Å². The van der Waals surface area contributed by atoms with Crippen molar-refractivity contribution in [1.82, 2.24) is 0 Å². The molecule has 18 heavy (non-hydrogen) atoms. The Hall–Kier alpha value is -1.66. The third-order valence-corrected chi connectivity index (χ3v) is 2.64. The number of phenolic OH excluding ortho intramolecular Hbond substituents is 1. The Morgan fingerprint density at radius 2 is 2.11 bits per heavy atom. The quantitative estimate of drug-likeness (QED) is 0.622. The van der Waals surface area contributed by atoms with E-state index in [2.05, 4.69) is 18.8 Å². The van der Waals surface area contributed by atoms with Gasteiger partial charge in [-0.2, -0.15) is 0 Å². The number of aromatic hydroxyl groups is 1. The van der Waals surface area contributed by atoms with Gasteiger partial charge in [-0.1, -0.05) is 31.6 Å². The van der Waals surface area contributed by atoms with Gasteiger partial charge in [0.1, 0.15) is 6.10 Å². The molecule has 2 N–H and O–H groups in total. The highest BCUT2D eigenvalue weighted by molar-refractivity contribution is 5.47. The SMILES string of the molecule is CCCCCC(O)C#Cc1ccc(O)c(OC)c1. The molecule has 0 aromatic heterocycles. The number of unbranched alkanes of at least 4 members (excludes halogenated alkanes) is 2. The Bertz CT molecular complexity index is 429. The molecule has 0 bridgehead atoms. The molecule has 0 spiro atoms. The highest BCUT2D eigenvalue weighted by Crippen LogP contribution is 2.25. The molecular formula is C15H20O3. The van der Waals surface area contributed by atoms with Crippen LogP contribution in [-0.2, 0) is 0 Å². The fourth-order valence-electron chi connectivity index (χ4n) is 1.58. The second kappa shape index (κ2) is 7.62. The maximum atomic E-state index is 9.66. The Morgan fingerprint density at radius 1 is 1.33 bits per heavy atom. The Labute approximate surface area is 108 Å². The number of aliphatic hydroxyl groups is 1. The normalized spacial score (nSPS) is 11.5. The molecule has 98 valence electrons. The van der Waals surface area contributed by atoms with Crippen molar-refractivity contribution < 1.29 is 14.9 Å². The third kappa shape index (κ3) is 4.68. The standard InChI is InChI=1S/C15H20O3/c1-3-4-5-6-13(16)9-7-12-8-10-14(17)15(11-12)18-2/h8,10-11,13,16-17H,3-6H2,1-2H3. The second-order valence-corrected chi connectivity index (χ2v) is 4.17.